The lowest BCUT2D eigenvalue weighted by Gasteiger charge is -2.28. The molecule has 2 heterocycles. The molecular weight excluding hydrogens is 409 g/mol. The van der Waals surface area contributed by atoms with Crippen LogP contribution >= 0.6 is 22.9 Å². The monoisotopic (exact) mass is 431 g/mol. The molecule has 9 heteroatoms. The summed E-state index contributed by atoms with van der Waals surface area (Å²) in [5, 5.41) is 2.21. The molecule has 1 fully saturated rings. The molecule has 2 aromatic rings. The summed E-state index contributed by atoms with van der Waals surface area (Å²) < 4.78 is 43.1. The molecule has 1 aliphatic heterocycles. The fraction of sp³-hybridized carbons (Fsp3) is 0.444. The van der Waals surface area contributed by atoms with Crippen LogP contribution < -0.4 is 4.72 Å². The van der Waals surface area contributed by atoms with Gasteiger partial charge in [-0.3, -0.25) is 4.90 Å². The van der Waals surface area contributed by atoms with Gasteiger partial charge in [0.15, 0.2) is 0 Å². The second-order valence-corrected chi connectivity index (χ2v) is 9.83. The van der Waals surface area contributed by atoms with Crippen LogP contribution in [0.5, 0.6) is 0 Å². The lowest BCUT2D eigenvalue weighted by atomic mass is 10.2. The number of thiophene rings is 1. The Morgan fingerprint density at radius 1 is 1.30 bits per heavy atom. The highest BCUT2D eigenvalue weighted by molar-refractivity contribution is 7.87. The fourth-order valence-electron chi connectivity index (χ4n) is 3.23. The lowest BCUT2D eigenvalue weighted by Crippen LogP contribution is -2.42. The van der Waals surface area contributed by atoms with Crippen molar-refractivity contribution < 1.29 is 12.8 Å². The van der Waals surface area contributed by atoms with E-state index in [1.807, 2.05) is 17.5 Å². The lowest BCUT2D eigenvalue weighted by molar-refractivity contribution is 0.249. The summed E-state index contributed by atoms with van der Waals surface area (Å²) in [6, 6.07) is 8.33. The van der Waals surface area contributed by atoms with Crippen molar-refractivity contribution >= 4 is 33.1 Å². The number of likely N-dealkylation sites (tertiary alicyclic amines) is 1. The maximum Gasteiger partial charge on any atom is 0.279 e. The second-order valence-electron chi connectivity index (χ2n) is 6.58. The molecule has 1 saturated heterocycles. The van der Waals surface area contributed by atoms with Gasteiger partial charge in [-0.25, -0.2) is 9.11 Å². The Balaban J connectivity index is 1.69. The Labute approximate surface area is 168 Å². The van der Waals surface area contributed by atoms with Crippen molar-refractivity contribution in [1.29, 1.82) is 0 Å². The van der Waals surface area contributed by atoms with Crippen LogP contribution in [0, 0.1) is 5.82 Å². The molecule has 0 saturated carbocycles. The number of halogens is 2. The summed E-state index contributed by atoms with van der Waals surface area (Å²) in [6.07, 6.45) is 2.25. The van der Waals surface area contributed by atoms with Gasteiger partial charge in [-0.05, 0) is 49.5 Å². The van der Waals surface area contributed by atoms with Crippen molar-refractivity contribution in [2.45, 2.75) is 25.4 Å². The number of rotatable bonds is 8. The standard InChI is InChI=1S/C18H23ClFN3O2S2/c1-22(13-14-15(19)6-4-7-16(14)20)27(24,25)21-12-17(18-8-5-11-26-18)23-9-2-3-10-23/h4-8,11,17,21H,2-3,9-10,12-13H2,1H3. The molecule has 1 aromatic heterocycles. The average Bonchev–Trinajstić information content (AvgIpc) is 3.32. The van der Waals surface area contributed by atoms with Gasteiger partial charge in [-0.1, -0.05) is 23.7 Å². The third-order valence-electron chi connectivity index (χ3n) is 4.76. The maximum atomic E-state index is 14.0. The third kappa shape index (κ3) is 5.07. The van der Waals surface area contributed by atoms with Crippen LogP contribution in [0.4, 0.5) is 4.39 Å². The van der Waals surface area contributed by atoms with E-state index in [-0.39, 0.29) is 29.7 Å². The molecule has 0 aliphatic carbocycles. The van der Waals surface area contributed by atoms with Crippen LogP contribution in [0.1, 0.15) is 29.3 Å². The first kappa shape index (κ1) is 20.7. The summed E-state index contributed by atoms with van der Waals surface area (Å²) in [5.74, 6) is -0.516. The molecule has 1 aliphatic rings. The van der Waals surface area contributed by atoms with E-state index >= 15 is 0 Å². The van der Waals surface area contributed by atoms with Crippen LogP contribution in [0.25, 0.3) is 0 Å². The van der Waals surface area contributed by atoms with E-state index in [0.717, 1.165) is 35.1 Å². The van der Waals surface area contributed by atoms with Gasteiger partial charge in [0.2, 0.25) is 0 Å². The maximum absolute atomic E-state index is 14.0. The number of nitrogens with zero attached hydrogens (tertiary/aromatic N) is 2. The van der Waals surface area contributed by atoms with Crippen LogP contribution in [0.15, 0.2) is 35.7 Å². The number of benzene rings is 1. The molecule has 1 atom stereocenters. The van der Waals surface area contributed by atoms with Crippen molar-refractivity contribution in [2.75, 3.05) is 26.7 Å². The summed E-state index contributed by atoms with van der Waals surface area (Å²) in [4.78, 5) is 3.45. The van der Waals surface area contributed by atoms with Gasteiger partial charge in [0.1, 0.15) is 5.82 Å². The quantitative estimate of drug-likeness (QED) is 0.694. The zero-order valence-electron chi connectivity index (χ0n) is 15.1. The Morgan fingerprint density at radius 2 is 2.04 bits per heavy atom. The van der Waals surface area contributed by atoms with E-state index in [2.05, 4.69) is 9.62 Å². The minimum Gasteiger partial charge on any atom is -0.294 e. The Bertz CT molecular complexity index is 835. The van der Waals surface area contributed by atoms with E-state index in [4.69, 9.17) is 11.6 Å². The molecule has 1 unspecified atom stereocenters. The highest BCUT2D eigenvalue weighted by Crippen LogP contribution is 2.28. The average molecular weight is 432 g/mol. The number of hydrogen-bond acceptors (Lipinski definition) is 4. The summed E-state index contributed by atoms with van der Waals surface area (Å²) in [5.41, 5.74) is 0.168. The SMILES string of the molecule is CN(Cc1c(F)cccc1Cl)S(=O)(=O)NCC(c1cccs1)N1CCCC1. The van der Waals surface area contributed by atoms with E-state index in [1.165, 1.54) is 19.2 Å². The minimum atomic E-state index is -3.77. The second kappa shape index (κ2) is 8.98. The van der Waals surface area contributed by atoms with Crippen molar-refractivity contribution in [2.24, 2.45) is 0 Å². The number of nitrogens with one attached hydrogen (secondary N) is 1. The first-order chi connectivity index (χ1) is 12.9. The van der Waals surface area contributed by atoms with Crippen LogP contribution in [-0.4, -0.2) is 44.3 Å². The Hall–Kier alpha value is -1.03. The minimum absolute atomic E-state index is 0.00715. The first-order valence-electron chi connectivity index (χ1n) is 8.80. The van der Waals surface area contributed by atoms with Gasteiger partial charge in [0.25, 0.3) is 10.2 Å². The third-order valence-corrected chi connectivity index (χ3v) is 7.57. The van der Waals surface area contributed by atoms with Gasteiger partial charge in [-0.15, -0.1) is 11.3 Å². The molecule has 0 bridgehead atoms. The van der Waals surface area contributed by atoms with Crippen molar-refractivity contribution in [3.05, 3.63) is 57.0 Å². The van der Waals surface area contributed by atoms with Gasteiger partial charge in [-0.2, -0.15) is 12.7 Å². The Morgan fingerprint density at radius 3 is 2.67 bits per heavy atom. The highest BCUT2D eigenvalue weighted by atomic mass is 35.5. The molecule has 0 amide bonds. The predicted molar refractivity (Wildman–Crippen MR) is 108 cm³/mol. The summed E-state index contributed by atoms with van der Waals surface area (Å²) in [6.45, 7) is 2.07. The normalized spacial score (nSPS) is 16.9. The van der Waals surface area contributed by atoms with Crippen molar-refractivity contribution in [3.63, 3.8) is 0 Å². The topological polar surface area (TPSA) is 52.7 Å². The van der Waals surface area contributed by atoms with E-state index in [0.29, 0.717) is 0 Å². The molecule has 0 radical (unpaired) electrons. The predicted octanol–water partition coefficient (Wildman–Crippen LogP) is 3.64. The van der Waals surface area contributed by atoms with Gasteiger partial charge < -0.3 is 0 Å². The zero-order valence-corrected chi connectivity index (χ0v) is 17.5. The van der Waals surface area contributed by atoms with Crippen LogP contribution in [-0.2, 0) is 16.8 Å². The van der Waals surface area contributed by atoms with Gasteiger partial charge >= 0.3 is 0 Å². The Kier molecular flexibility index (Phi) is 6.88. The molecule has 3 rings (SSSR count). The van der Waals surface area contributed by atoms with Gasteiger partial charge in [0.05, 0.1) is 6.04 Å². The largest absolute Gasteiger partial charge is 0.294 e. The van der Waals surface area contributed by atoms with Crippen LogP contribution in [0.2, 0.25) is 5.02 Å². The van der Waals surface area contributed by atoms with Crippen molar-refractivity contribution in [3.8, 4) is 0 Å². The molecule has 27 heavy (non-hydrogen) atoms. The van der Waals surface area contributed by atoms with E-state index in [1.54, 1.807) is 17.4 Å². The van der Waals surface area contributed by atoms with Crippen molar-refractivity contribution in [1.82, 2.24) is 13.9 Å². The molecule has 0 spiro atoms. The smallest absolute Gasteiger partial charge is 0.279 e. The molecule has 148 valence electrons. The fourth-order valence-corrected chi connectivity index (χ4v) is 5.20. The molecular formula is C18H23ClFN3O2S2. The zero-order chi connectivity index (χ0) is 19.4. The highest BCUT2D eigenvalue weighted by Gasteiger charge is 2.27. The van der Waals surface area contributed by atoms with E-state index < -0.39 is 16.0 Å². The molecule has 1 aromatic carbocycles. The number of hydrogen-bond donors (Lipinski definition) is 1. The summed E-state index contributed by atoms with van der Waals surface area (Å²) in [7, 11) is -2.35. The summed E-state index contributed by atoms with van der Waals surface area (Å²) >= 11 is 7.64. The van der Waals surface area contributed by atoms with E-state index in [9.17, 15) is 12.8 Å². The first-order valence-corrected chi connectivity index (χ1v) is 11.5. The molecule has 5 nitrogen and oxygen atoms in total. The van der Waals surface area contributed by atoms with Crippen LogP contribution in [0.3, 0.4) is 0 Å². The van der Waals surface area contributed by atoms with Gasteiger partial charge in [0, 0.05) is 35.6 Å². The molecule has 1 N–H and O–H groups in total.